The maximum Gasteiger partial charge on any atom is 0.341 e. The van der Waals surface area contributed by atoms with Crippen LogP contribution >= 0.6 is 0 Å². The highest BCUT2D eigenvalue weighted by Crippen LogP contribution is 2.54. The van der Waals surface area contributed by atoms with Crippen molar-refractivity contribution in [2.75, 3.05) is 24.7 Å². The van der Waals surface area contributed by atoms with Gasteiger partial charge in [0.05, 0.1) is 13.2 Å². The number of amides is 1. The Balaban J connectivity index is 2.42. The molecular weight excluding hydrogens is 388 g/mol. The van der Waals surface area contributed by atoms with Gasteiger partial charge in [-0.25, -0.2) is 9.59 Å². The zero-order chi connectivity index (χ0) is 22.1. The maximum atomic E-state index is 13.9. The highest BCUT2D eigenvalue weighted by molar-refractivity contribution is 6.22. The molecule has 8 heteroatoms. The van der Waals surface area contributed by atoms with E-state index in [1.54, 1.807) is 44.2 Å². The summed E-state index contributed by atoms with van der Waals surface area (Å²) in [5.74, 6) is -2.34. The largest absolute Gasteiger partial charge is 0.462 e. The van der Waals surface area contributed by atoms with Gasteiger partial charge in [0.2, 0.25) is 11.8 Å². The van der Waals surface area contributed by atoms with E-state index in [1.165, 1.54) is 11.8 Å². The molecule has 0 aromatic heterocycles. The summed E-state index contributed by atoms with van der Waals surface area (Å²) in [6.07, 6.45) is 1.56. The van der Waals surface area contributed by atoms with Crippen molar-refractivity contribution in [3.05, 3.63) is 65.3 Å². The number of ether oxygens (including phenoxy) is 3. The number of allylic oxidation sites excluding steroid dienone is 1. The third kappa shape index (κ3) is 2.87. The van der Waals surface area contributed by atoms with Crippen LogP contribution in [0.1, 0.15) is 26.3 Å². The van der Waals surface area contributed by atoms with Crippen LogP contribution in [0.4, 0.5) is 5.69 Å². The highest BCUT2D eigenvalue weighted by Gasteiger charge is 2.63. The normalized spacial score (nSPS) is 20.2. The zero-order valence-electron chi connectivity index (χ0n) is 17.2. The molecule has 1 spiro atoms. The van der Waals surface area contributed by atoms with Gasteiger partial charge in [-0.3, -0.25) is 4.79 Å². The molecule has 0 radical (unpaired) electrons. The van der Waals surface area contributed by atoms with Crippen molar-refractivity contribution in [2.24, 2.45) is 5.73 Å². The van der Waals surface area contributed by atoms with E-state index in [2.05, 4.69) is 6.58 Å². The van der Waals surface area contributed by atoms with Crippen LogP contribution in [-0.4, -0.2) is 37.6 Å². The zero-order valence-corrected chi connectivity index (χ0v) is 17.2. The van der Waals surface area contributed by atoms with E-state index in [0.29, 0.717) is 11.3 Å². The minimum Gasteiger partial charge on any atom is -0.462 e. The first kappa shape index (κ1) is 21.2. The van der Waals surface area contributed by atoms with E-state index in [9.17, 15) is 14.4 Å². The van der Waals surface area contributed by atoms with Gasteiger partial charge < -0.3 is 24.8 Å². The molecule has 0 bridgehead atoms. The van der Waals surface area contributed by atoms with Gasteiger partial charge in [0.15, 0.2) is 0 Å². The number of rotatable bonds is 6. The standard InChI is InChI=1S/C22H24N2O6/c1-5-12-24-15-11-9-8-10-14(15)22(21(24)27)16(19(25)28-6-2)13(4)30-18(23)17(22)20(26)29-7-3/h5,8-11H,1,6-7,12,23H2,2-4H3/t22-/m1/s1. The molecule has 0 aliphatic carbocycles. The molecule has 158 valence electrons. The van der Waals surface area contributed by atoms with Crippen LogP contribution in [0.2, 0.25) is 0 Å². The molecule has 2 aliphatic heterocycles. The molecule has 8 nitrogen and oxygen atoms in total. The summed E-state index contributed by atoms with van der Waals surface area (Å²) in [7, 11) is 0. The third-order valence-corrected chi connectivity index (χ3v) is 5.05. The van der Waals surface area contributed by atoms with Crippen molar-refractivity contribution < 1.29 is 28.6 Å². The summed E-state index contributed by atoms with van der Waals surface area (Å²) in [5.41, 5.74) is 4.90. The van der Waals surface area contributed by atoms with E-state index >= 15 is 0 Å². The summed E-state index contributed by atoms with van der Waals surface area (Å²) >= 11 is 0. The van der Waals surface area contributed by atoms with Gasteiger partial charge in [-0.1, -0.05) is 24.3 Å². The number of para-hydroxylation sites is 1. The van der Waals surface area contributed by atoms with Gasteiger partial charge in [-0.15, -0.1) is 6.58 Å². The van der Waals surface area contributed by atoms with E-state index < -0.39 is 23.3 Å². The summed E-state index contributed by atoms with van der Waals surface area (Å²) in [6.45, 7) is 8.80. The molecule has 2 N–H and O–H groups in total. The van der Waals surface area contributed by atoms with Crippen LogP contribution < -0.4 is 10.6 Å². The third-order valence-electron chi connectivity index (χ3n) is 5.05. The number of fused-ring (bicyclic) bond motifs is 2. The number of nitrogens with two attached hydrogens (primary N) is 1. The Morgan fingerprint density at radius 1 is 1.17 bits per heavy atom. The number of carbonyl (C=O) groups excluding carboxylic acids is 3. The van der Waals surface area contributed by atoms with Crippen LogP contribution in [0.25, 0.3) is 0 Å². The Bertz CT molecular complexity index is 951. The lowest BCUT2D eigenvalue weighted by Gasteiger charge is -2.36. The molecule has 1 aromatic carbocycles. The van der Waals surface area contributed by atoms with E-state index in [0.717, 1.165) is 0 Å². The van der Waals surface area contributed by atoms with Crippen molar-refractivity contribution in [1.29, 1.82) is 0 Å². The van der Waals surface area contributed by atoms with Gasteiger partial charge in [0.25, 0.3) is 0 Å². The summed E-state index contributed by atoms with van der Waals surface area (Å²) < 4.78 is 16.0. The quantitative estimate of drug-likeness (QED) is 0.563. The second-order valence-electron chi connectivity index (χ2n) is 6.69. The molecule has 3 rings (SSSR count). The van der Waals surface area contributed by atoms with Crippen LogP contribution in [0.5, 0.6) is 0 Å². The molecule has 0 unspecified atom stereocenters. The Kier molecular flexibility index (Phi) is 5.69. The number of nitrogens with zero attached hydrogens (tertiary/aromatic N) is 1. The number of anilines is 1. The lowest BCUT2D eigenvalue weighted by Crippen LogP contribution is -2.51. The number of esters is 2. The minimum absolute atomic E-state index is 0.0509. The fraction of sp³-hybridized carbons (Fsp3) is 0.318. The summed E-state index contributed by atoms with van der Waals surface area (Å²) in [6, 6.07) is 6.90. The van der Waals surface area contributed by atoms with Gasteiger partial charge in [-0.2, -0.15) is 0 Å². The van der Waals surface area contributed by atoms with Gasteiger partial charge in [0, 0.05) is 17.8 Å². The molecule has 30 heavy (non-hydrogen) atoms. The monoisotopic (exact) mass is 412 g/mol. The van der Waals surface area contributed by atoms with Crippen molar-refractivity contribution in [1.82, 2.24) is 0 Å². The summed E-state index contributed by atoms with van der Waals surface area (Å²) in [4.78, 5) is 41.5. The topological polar surface area (TPSA) is 108 Å². The van der Waals surface area contributed by atoms with Gasteiger partial charge in [-0.05, 0) is 26.8 Å². The van der Waals surface area contributed by atoms with Gasteiger partial charge >= 0.3 is 11.9 Å². The van der Waals surface area contributed by atoms with Crippen LogP contribution in [-0.2, 0) is 34.0 Å². The van der Waals surface area contributed by atoms with Crippen molar-refractivity contribution in [3.8, 4) is 0 Å². The smallest absolute Gasteiger partial charge is 0.341 e. The fourth-order valence-electron chi connectivity index (χ4n) is 4.04. The number of carbonyl (C=O) groups is 3. The predicted molar refractivity (Wildman–Crippen MR) is 109 cm³/mol. The number of hydrogen-bond acceptors (Lipinski definition) is 7. The Hall–Kier alpha value is -3.55. The van der Waals surface area contributed by atoms with E-state index in [-0.39, 0.29) is 42.5 Å². The van der Waals surface area contributed by atoms with Crippen LogP contribution in [0, 0.1) is 0 Å². The van der Waals surface area contributed by atoms with Crippen LogP contribution in [0.3, 0.4) is 0 Å². The lowest BCUT2D eigenvalue weighted by atomic mass is 9.67. The van der Waals surface area contributed by atoms with Crippen molar-refractivity contribution in [2.45, 2.75) is 26.2 Å². The first-order chi connectivity index (χ1) is 14.4. The first-order valence-corrected chi connectivity index (χ1v) is 9.62. The van der Waals surface area contributed by atoms with E-state index in [1.807, 2.05) is 0 Å². The number of benzene rings is 1. The number of hydrogen-bond donors (Lipinski definition) is 1. The highest BCUT2D eigenvalue weighted by atomic mass is 16.5. The molecule has 2 heterocycles. The maximum absolute atomic E-state index is 13.9. The predicted octanol–water partition coefficient (Wildman–Crippen LogP) is 2.06. The van der Waals surface area contributed by atoms with Crippen molar-refractivity contribution in [3.63, 3.8) is 0 Å². The van der Waals surface area contributed by atoms with Gasteiger partial charge in [0.1, 0.15) is 22.3 Å². The molecule has 1 amide bonds. The molecule has 0 saturated heterocycles. The molecule has 1 aromatic rings. The van der Waals surface area contributed by atoms with Crippen LogP contribution in [0.15, 0.2) is 59.7 Å². The molecule has 0 fully saturated rings. The molecule has 0 saturated carbocycles. The molecular formula is C22H24N2O6. The Labute approximate surface area is 174 Å². The average molecular weight is 412 g/mol. The minimum atomic E-state index is -1.84. The van der Waals surface area contributed by atoms with Crippen molar-refractivity contribution >= 4 is 23.5 Å². The van der Waals surface area contributed by atoms with E-state index in [4.69, 9.17) is 19.9 Å². The lowest BCUT2D eigenvalue weighted by molar-refractivity contribution is -0.143. The fourth-order valence-corrected chi connectivity index (χ4v) is 4.04. The SMILES string of the molecule is C=CCN1C(=O)[C@@]2(C(C(=O)OCC)=C(C)OC(N)=C2C(=O)OCC)c2ccccc21. The second-order valence-corrected chi connectivity index (χ2v) is 6.69. The Morgan fingerprint density at radius 2 is 1.77 bits per heavy atom. The Morgan fingerprint density at radius 3 is 2.37 bits per heavy atom. The molecule has 2 aliphatic rings. The molecule has 1 atom stereocenters. The second kappa shape index (κ2) is 8.06. The summed E-state index contributed by atoms with van der Waals surface area (Å²) in [5, 5.41) is 0. The first-order valence-electron chi connectivity index (χ1n) is 9.62. The average Bonchev–Trinajstić information content (AvgIpc) is 2.92.